The zero-order chi connectivity index (χ0) is 8.97. The molecule has 0 aliphatic heterocycles. The lowest BCUT2D eigenvalue weighted by Gasteiger charge is -2.10. The van der Waals surface area contributed by atoms with E-state index in [0.29, 0.717) is 0 Å². The Morgan fingerprint density at radius 3 is 2.92 bits per heavy atom. The van der Waals surface area contributed by atoms with Crippen LogP contribution in [0.25, 0.3) is 0 Å². The molecule has 0 spiro atoms. The van der Waals surface area contributed by atoms with Gasteiger partial charge in [-0.05, 0) is 26.2 Å². The maximum absolute atomic E-state index is 8.69. The minimum atomic E-state index is 0.733. The fraction of sp³-hybridized carbons (Fsp3) is 0.444. The first-order valence-electron chi connectivity index (χ1n) is 3.94. The van der Waals surface area contributed by atoms with Gasteiger partial charge >= 0.3 is 0 Å². The lowest BCUT2D eigenvalue weighted by atomic mass is 10.4. The highest BCUT2D eigenvalue weighted by atomic mass is 15.1. The van der Waals surface area contributed by atoms with Crippen molar-refractivity contribution >= 4 is 0 Å². The largest absolute Gasteiger partial charge is 0.338 e. The van der Waals surface area contributed by atoms with E-state index in [1.54, 1.807) is 0 Å². The molecule has 1 aromatic rings. The fourth-order valence-electron chi connectivity index (χ4n) is 1.02. The van der Waals surface area contributed by atoms with Gasteiger partial charge in [-0.15, -0.1) is 0 Å². The summed E-state index contributed by atoms with van der Waals surface area (Å²) in [7, 11) is 4.05. The molecule has 0 atom stereocenters. The fourth-order valence-corrected chi connectivity index (χ4v) is 1.02. The predicted octanol–water partition coefficient (Wildman–Crippen LogP) is 0.921. The van der Waals surface area contributed by atoms with E-state index in [4.69, 9.17) is 5.26 Å². The summed E-state index contributed by atoms with van der Waals surface area (Å²) < 4.78 is 1.96. The molecule has 12 heavy (non-hydrogen) atoms. The van der Waals surface area contributed by atoms with Crippen molar-refractivity contribution in [2.24, 2.45) is 0 Å². The molecule has 0 aliphatic rings. The number of aromatic nitrogens is 1. The summed E-state index contributed by atoms with van der Waals surface area (Å²) in [5, 5.41) is 8.69. The average molecular weight is 163 g/mol. The van der Waals surface area contributed by atoms with Crippen LogP contribution in [0.5, 0.6) is 0 Å². The Kier molecular flexibility index (Phi) is 2.89. The van der Waals surface area contributed by atoms with Crippen LogP contribution in [0.15, 0.2) is 18.3 Å². The minimum Gasteiger partial charge on any atom is -0.338 e. The molecule has 3 nitrogen and oxygen atoms in total. The summed E-state index contributed by atoms with van der Waals surface area (Å²) >= 11 is 0. The Labute approximate surface area is 72.8 Å². The smallest absolute Gasteiger partial charge is 0.120 e. The summed E-state index contributed by atoms with van der Waals surface area (Å²) in [5.41, 5.74) is 0.733. The maximum atomic E-state index is 8.69. The van der Waals surface area contributed by atoms with Gasteiger partial charge in [-0.1, -0.05) is 0 Å². The van der Waals surface area contributed by atoms with E-state index in [1.165, 1.54) is 0 Å². The molecule has 0 N–H and O–H groups in total. The summed E-state index contributed by atoms with van der Waals surface area (Å²) in [6.45, 7) is 1.84. The number of hydrogen-bond acceptors (Lipinski definition) is 2. The van der Waals surface area contributed by atoms with Crippen LogP contribution in [-0.4, -0.2) is 30.1 Å². The highest BCUT2D eigenvalue weighted by molar-refractivity contribution is 5.21. The Bertz CT molecular complexity index is 280. The molecular weight excluding hydrogens is 150 g/mol. The molecule has 0 fully saturated rings. The van der Waals surface area contributed by atoms with Gasteiger partial charge in [0.1, 0.15) is 11.8 Å². The standard InChI is InChI=1S/C9H13N3/c1-11(2)6-7-12-5-3-4-9(12)8-10/h3-5H,6-7H2,1-2H3. The van der Waals surface area contributed by atoms with Crippen molar-refractivity contribution < 1.29 is 0 Å². The van der Waals surface area contributed by atoms with Gasteiger partial charge in [0, 0.05) is 19.3 Å². The molecule has 0 amide bonds. The molecule has 1 aromatic heterocycles. The van der Waals surface area contributed by atoms with Gasteiger partial charge in [0.2, 0.25) is 0 Å². The van der Waals surface area contributed by atoms with Crippen molar-refractivity contribution in [2.75, 3.05) is 20.6 Å². The molecule has 0 aromatic carbocycles. The summed E-state index contributed by atoms with van der Waals surface area (Å²) in [4.78, 5) is 2.10. The third kappa shape index (κ3) is 2.11. The third-order valence-corrected chi connectivity index (χ3v) is 1.73. The normalized spacial score (nSPS) is 10.2. The van der Waals surface area contributed by atoms with E-state index in [2.05, 4.69) is 11.0 Å². The van der Waals surface area contributed by atoms with Crippen LogP contribution < -0.4 is 0 Å². The zero-order valence-electron chi connectivity index (χ0n) is 7.49. The molecule has 1 heterocycles. The Morgan fingerprint density at radius 1 is 1.58 bits per heavy atom. The second-order valence-electron chi connectivity index (χ2n) is 3.00. The Balaban J connectivity index is 2.58. The van der Waals surface area contributed by atoms with Gasteiger partial charge in [0.15, 0.2) is 0 Å². The van der Waals surface area contributed by atoms with Crippen molar-refractivity contribution in [2.45, 2.75) is 6.54 Å². The lowest BCUT2D eigenvalue weighted by Crippen LogP contribution is -2.18. The summed E-state index contributed by atoms with van der Waals surface area (Å²) in [6, 6.07) is 5.87. The number of hydrogen-bond donors (Lipinski definition) is 0. The molecule has 0 saturated carbocycles. The van der Waals surface area contributed by atoms with Crippen molar-refractivity contribution in [3.63, 3.8) is 0 Å². The zero-order valence-corrected chi connectivity index (χ0v) is 7.49. The first kappa shape index (κ1) is 8.82. The summed E-state index contributed by atoms with van der Waals surface area (Å²) in [5.74, 6) is 0. The van der Waals surface area contributed by atoms with E-state index in [0.717, 1.165) is 18.8 Å². The Morgan fingerprint density at radius 2 is 2.33 bits per heavy atom. The van der Waals surface area contributed by atoms with Crippen molar-refractivity contribution in [1.82, 2.24) is 9.47 Å². The minimum absolute atomic E-state index is 0.733. The molecule has 0 radical (unpaired) electrons. The highest BCUT2D eigenvalue weighted by Crippen LogP contribution is 1.99. The lowest BCUT2D eigenvalue weighted by molar-refractivity contribution is 0.383. The van der Waals surface area contributed by atoms with E-state index < -0.39 is 0 Å². The molecule has 0 aliphatic carbocycles. The van der Waals surface area contributed by atoms with Gasteiger partial charge in [0.05, 0.1) is 0 Å². The van der Waals surface area contributed by atoms with E-state index in [-0.39, 0.29) is 0 Å². The van der Waals surface area contributed by atoms with Crippen molar-refractivity contribution in [3.05, 3.63) is 24.0 Å². The van der Waals surface area contributed by atoms with E-state index >= 15 is 0 Å². The first-order chi connectivity index (χ1) is 5.74. The van der Waals surface area contributed by atoms with Crippen LogP contribution in [0.2, 0.25) is 0 Å². The summed E-state index contributed by atoms with van der Waals surface area (Å²) in [6.07, 6.45) is 1.93. The van der Waals surface area contributed by atoms with Crippen LogP contribution in [0, 0.1) is 11.3 Å². The van der Waals surface area contributed by atoms with E-state index in [1.807, 2.05) is 37.0 Å². The molecule has 64 valence electrons. The molecule has 3 heteroatoms. The molecule has 0 saturated heterocycles. The maximum Gasteiger partial charge on any atom is 0.120 e. The number of nitriles is 1. The van der Waals surface area contributed by atoms with Crippen LogP contribution >= 0.6 is 0 Å². The number of likely N-dealkylation sites (N-methyl/N-ethyl adjacent to an activating group) is 1. The SMILES string of the molecule is CN(C)CCn1cccc1C#N. The molecular formula is C9H13N3. The van der Waals surface area contributed by atoms with Gasteiger partial charge in [-0.2, -0.15) is 5.26 Å². The van der Waals surface area contributed by atoms with Crippen molar-refractivity contribution in [3.8, 4) is 6.07 Å². The van der Waals surface area contributed by atoms with Crippen LogP contribution in [0.4, 0.5) is 0 Å². The van der Waals surface area contributed by atoms with Gasteiger partial charge in [-0.25, -0.2) is 0 Å². The van der Waals surface area contributed by atoms with Crippen LogP contribution in [-0.2, 0) is 6.54 Å². The van der Waals surface area contributed by atoms with Crippen molar-refractivity contribution in [1.29, 1.82) is 5.26 Å². The third-order valence-electron chi connectivity index (χ3n) is 1.73. The average Bonchev–Trinajstić information content (AvgIpc) is 2.47. The second-order valence-corrected chi connectivity index (χ2v) is 3.00. The second kappa shape index (κ2) is 3.93. The van der Waals surface area contributed by atoms with Gasteiger partial charge in [0.25, 0.3) is 0 Å². The van der Waals surface area contributed by atoms with Gasteiger partial charge < -0.3 is 9.47 Å². The molecule has 1 rings (SSSR count). The van der Waals surface area contributed by atoms with Crippen LogP contribution in [0.1, 0.15) is 5.69 Å². The topological polar surface area (TPSA) is 32.0 Å². The number of nitrogens with zero attached hydrogens (tertiary/aromatic N) is 3. The quantitative estimate of drug-likeness (QED) is 0.663. The highest BCUT2D eigenvalue weighted by Gasteiger charge is 1.98. The predicted molar refractivity (Wildman–Crippen MR) is 47.7 cm³/mol. The first-order valence-corrected chi connectivity index (χ1v) is 3.94. The Hall–Kier alpha value is -1.27. The number of rotatable bonds is 3. The molecule has 0 unspecified atom stereocenters. The van der Waals surface area contributed by atoms with Crippen LogP contribution in [0.3, 0.4) is 0 Å². The molecule has 0 bridgehead atoms. The monoisotopic (exact) mass is 163 g/mol. The van der Waals surface area contributed by atoms with E-state index in [9.17, 15) is 0 Å². The van der Waals surface area contributed by atoms with Gasteiger partial charge in [-0.3, -0.25) is 0 Å².